The van der Waals surface area contributed by atoms with E-state index in [1.165, 1.54) is 21.1 Å². The minimum Gasteiger partial charge on any atom is -0.444 e. The van der Waals surface area contributed by atoms with Crippen LogP contribution in [0, 0.1) is 11.2 Å². The number of carbonyl (C=O) groups is 1. The van der Waals surface area contributed by atoms with Crippen molar-refractivity contribution in [2.75, 3.05) is 6.54 Å². The van der Waals surface area contributed by atoms with Crippen LogP contribution >= 0.6 is 30.1 Å². The molecule has 1 aromatic carbocycles. The zero-order chi connectivity index (χ0) is 22.8. The Morgan fingerprint density at radius 3 is 2.45 bits per heavy atom. The lowest BCUT2D eigenvalue weighted by atomic mass is 10.0. The fourth-order valence-corrected chi connectivity index (χ4v) is 3.49. The summed E-state index contributed by atoms with van der Waals surface area (Å²) in [5.74, 6) is 3.26. The molecule has 0 fully saturated rings. The third-order valence-electron chi connectivity index (χ3n) is 4.40. The van der Waals surface area contributed by atoms with Crippen molar-refractivity contribution in [2.45, 2.75) is 45.5 Å². The van der Waals surface area contributed by atoms with Gasteiger partial charge in [0.1, 0.15) is 11.3 Å². The molecule has 0 bridgehead atoms. The van der Waals surface area contributed by atoms with Gasteiger partial charge in [0, 0.05) is 38.9 Å². The summed E-state index contributed by atoms with van der Waals surface area (Å²) in [5.41, 5.74) is 1.05. The second-order valence-electron chi connectivity index (χ2n) is 7.85. The molecular formula is C21H19F3IN3O2S. The first-order valence-corrected chi connectivity index (χ1v) is 12.7. The van der Waals surface area contributed by atoms with Gasteiger partial charge in [-0.05, 0) is 59.4 Å². The van der Waals surface area contributed by atoms with Crippen LogP contribution in [0.1, 0.15) is 43.3 Å². The molecule has 0 atom stereocenters. The van der Waals surface area contributed by atoms with Gasteiger partial charge in [-0.15, -0.1) is 0 Å². The fourth-order valence-electron chi connectivity index (χ4n) is 3.02. The van der Waals surface area contributed by atoms with Crippen molar-refractivity contribution in [1.82, 2.24) is 14.9 Å². The Morgan fingerprint density at radius 2 is 1.87 bits per heavy atom. The number of hydrogen-bond donors (Lipinski definition) is 0. The smallest absolute Gasteiger partial charge is 0.416 e. The SMILES string of the molecule is CC(C)(C)OC(=O)N1CCc2c(C#CSI)nc(-c3ccc(C(F)(F)F)cc3)nc2C1. The molecule has 2 heterocycles. The van der Waals surface area contributed by atoms with E-state index in [-0.39, 0.29) is 12.4 Å². The van der Waals surface area contributed by atoms with Crippen LogP contribution in [0.3, 0.4) is 0 Å². The molecule has 0 unspecified atom stereocenters. The number of rotatable bonds is 1. The maximum Gasteiger partial charge on any atom is 0.416 e. The van der Waals surface area contributed by atoms with E-state index in [0.29, 0.717) is 29.9 Å². The summed E-state index contributed by atoms with van der Waals surface area (Å²) < 4.78 is 44.1. The Morgan fingerprint density at radius 1 is 1.19 bits per heavy atom. The maximum absolute atomic E-state index is 12.9. The second-order valence-corrected chi connectivity index (χ2v) is 9.53. The predicted octanol–water partition coefficient (Wildman–Crippen LogP) is 5.85. The number of halogens is 4. The molecule has 1 aliphatic heterocycles. The molecule has 0 saturated carbocycles. The summed E-state index contributed by atoms with van der Waals surface area (Å²) in [6.45, 7) is 6.04. The van der Waals surface area contributed by atoms with E-state index in [4.69, 9.17) is 4.74 Å². The summed E-state index contributed by atoms with van der Waals surface area (Å²) in [4.78, 5) is 23.1. The first-order valence-electron chi connectivity index (χ1n) is 9.32. The molecule has 164 valence electrons. The standard InChI is InChI=1S/C21H19F3IN3O2S/c1-20(2,3)30-19(29)28-10-8-15-16(9-11-31-25)26-18(27-17(15)12-28)13-4-6-14(7-5-13)21(22,23)24/h4-7H,8,10,12H2,1-3H3. The Bertz CT molecular complexity index is 1040. The summed E-state index contributed by atoms with van der Waals surface area (Å²) in [6, 6.07) is 4.67. The topological polar surface area (TPSA) is 55.3 Å². The lowest BCUT2D eigenvalue weighted by Gasteiger charge is -2.31. The zero-order valence-corrected chi connectivity index (χ0v) is 20.0. The van der Waals surface area contributed by atoms with Gasteiger partial charge in [0.2, 0.25) is 0 Å². The van der Waals surface area contributed by atoms with Gasteiger partial charge in [0.25, 0.3) is 0 Å². The van der Waals surface area contributed by atoms with Crippen molar-refractivity contribution < 1.29 is 22.7 Å². The third kappa shape index (κ3) is 6.04. The number of aromatic nitrogens is 2. The first kappa shape index (κ1) is 23.7. The van der Waals surface area contributed by atoms with Crippen LogP contribution in [-0.4, -0.2) is 33.1 Å². The second kappa shape index (κ2) is 9.24. The predicted molar refractivity (Wildman–Crippen MR) is 121 cm³/mol. The van der Waals surface area contributed by atoms with Crippen molar-refractivity contribution in [1.29, 1.82) is 0 Å². The number of benzene rings is 1. The molecule has 3 rings (SSSR count). The average molecular weight is 561 g/mol. The summed E-state index contributed by atoms with van der Waals surface area (Å²) >= 11 is 2.05. The van der Waals surface area contributed by atoms with Crippen molar-refractivity contribution in [3.63, 3.8) is 0 Å². The van der Waals surface area contributed by atoms with Crippen molar-refractivity contribution in [3.05, 3.63) is 46.8 Å². The number of alkyl halides is 3. The lowest BCUT2D eigenvalue weighted by molar-refractivity contribution is -0.137. The van der Waals surface area contributed by atoms with Crippen LogP contribution in [0.2, 0.25) is 0 Å². The van der Waals surface area contributed by atoms with Gasteiger partial charge in [-0.1, -0.05) is 12.1 Å². The average Bonchev–Trinajstić information content (AvgIpc) is 2.69. The van der Waals surface area contributed by atoms with Crippen LogP contribution in [0.4, 0.5) is 18.0 Å². The molecule has 31 heavy (non-hydrogen) atoms. The molecule has 10 heteroatoms. The first-order chi connectivity index (χ1) is 14.5. The van der Waals surface area contributed by atoms with Gasteiger partial charge in [-0.2, -0.15) is 13.2 Å². The highest BCUT2D eigenvalue weighted by Crippen LogP contribution is 2.31. The van der Waals surface area contributed by atoms with Gasteiger partial charge in [-0.25, -0.2) is 14.8 Å². The van der Waals surface area contributed by atoms with Crippen LogP contribution in [0.25, 0.3) is 11.4 Å². The Balaban J connectivity index is 1.98. The molecule has 1 aliphatic rings. The number of carbonyl (C=O) groups excluding carboxylic acids is 1. The highest BCUT2D eigenvalue weighted by Gasteiger charge is 2.31. The monoisotopic (exact) mass is 561 g/mol. The minimum atomic E-state index is -4.42. The van der Waals surface area contributed by atoms with Crippen molar-refractivity contribution >= 4 is 36.2 Å². The molecule has 1 amide bonds. The molecule has 0 radical (unpaired) electrons. The van der Waals surface area contributed by atoms with Gasteiger partial charge < -0.3 is 9.64 Å². The third-order valence-corrected chi connectivity index (χ3v) is 5.24. The van der Waals surface area contributed by atoms with Crippen LogP contribution in [0.15, 0.2) is 24.3 Å². The van der Waals surface area contributed by atoms with E-state index in [9.17, 15) is 18.0 Å². The number of nitrogens with zero attached hydrogens (tertiary/aromatic N) is 3. The lowest BCUT2D eigenvalue weighted by Crippen LogP contribution is -2.40. The van der Waals surface area contributed by atoms with Gasteiger partial charge >= 0.3 is 12.3 Å². The quantitative estimate of drug-likeness (QED) is 0.323. The molecular weight excluding hydrogens is 542 g/mol. The van der Waals surface area contributed by atoms with Gasteiger partial charge in [-0.3, -0.25) is 0 Å². The Kier molecular flexibility index (Phi) is 7.05. The normalized spacial score (nSPS) is 13.8. The van der Waals surface area contributed by atoms with E-state index >= 15 is 0 Å². The molecule has 0 saturated heterocycles. The molecule has 0 aliphatic carbocycles. The Labute approximate surface area is 194 Å². The number of ether oxygens (including phenoxy) is 1. The Hall–Kier alpha value is -2.00. The van der Waals surface area contributed by atoms with Crippen molar-refractivity contribution in [3.8, 4) is 22.6 Å². The van der Waals surface area contributed by atoms with E-state index in [1.54, 1.807) is 25.7 Å². The zero-order valence-electron chi connectivity index (χ0n) is 17.0. The van der Waals surface area contributed by atoms with E-state index in [0.717, 1.165) is 17.7 Å². The molecule has 5 nitrogen and oxygen atoms in total. The van der Waals surface area contributed by atoms with Crippen LogP contribution in [-0.2, 0) is 23.9 Å². The van der Waals surface area contributed by atoms with E-state index in [1.807, 2.05) is 21.2 Å². The number of amides is 1. The van der Waals surface area contributed by atoms with Crippen LogP contribution < -0.4 is 0 Å². The number of hydrogen-bond acceptors (Lipinski definition) is 5. The fraction of sp³-hybridized carbons (Fsp3) is 0.381. The van der Waals surface area contributed by atoms with Crippen molar-refractivity contribution in [2.24, 2.45) is 0 Å². The molecule has 0 N–H and O–H groups in total. The van der Waals surface area contributed by atoms with Gasteiger partial charge in [0.15, 0.2) is 5.82 Å². The number of fused-ring (bicyclic) bond motifs is 1. The highest BCUT2D eigenvalue weighted by atomic mass is 127. The maximum atomic E-state index is 12.9. The van der Waals surface area contributed by atoms with Crippen LogP contribution in [0.5, 0.6) is 0 Å². The molecule has 0 spiro atoms. The van der Waals surface area contributed by atoms with Gasteiger partial charge in [0.05, 0.1) is 17.8 Å². The van der Waals surface area contributed by atoms with E-state index < -0.39 is 23.4 Å². The summed E-state index contributed by atoms with van der Waals surface area (Å²) in [5, 5.41) is 2.90. The molecule has 2 aromatic rings. The summed E-state index contributed by atoms with van der Waals surface area (Å²) in [7, 11) is 1.30. The largest absolute Gasteiger partial charge is 0.444 e. The summed E-state index contributed by atoms with van der Waals surface area (Å²) in [6.07, 6.45) is -4.35. The van der Waals surface area contributed by atoms with E-state index in [2.05, 4.69) is 21.1 Å². The highest BCUT2D eigenvalue weighted by molar-refractivity contribution is 14.2. The minimum absolute atomic E-state index is 0.215. The molecule has 1 aromatic heterocycles.